The minimum Gasteiger partial charge on any atom is -0.383 e. The molecule has 1 aliphatic heterocycles. The average Bonchev–Trinajstić information content (AvgIpc) is 2.69. The van der Waals surface area contributed by atoms with Gasteiger partial charge in [-0.3, -0.25) is 0 Å². The van der Waals surface area contributed by atoms with Crippen molar-refractivity contribution in [2.24, 2.45) is 0 Å². The number of hydrogen-bond donors (Lipinski definition) is 1. The Balaban J connectivity index is 2.02. The van der Waals surface area contributed by atoms with Gasteiger partial charge in [-0.25, -0.2) is 8.42 Å². The number of nitrogens with one attached hydrogen (secondary N) is 1. The highest BCUT2D eigenvalue weighted by Crippen LogP contribution is 2.19. The van der Waals surface area contributed by atoms with Crippen molar-refractivity contribution < 1.29 is 22.6 Å². The molecular formula is C17H27N3O5S2. The molecule has 1 aromatic carbocycles. The quantitative estimate of drug-likeness (QED) is 0.596. The third-order valence-electron chi connectivity index (χ3n) is 4.13. The molecular weight excluding hydrogens is 390 g/mol. The number of nitrogens with zero attached hydrogens (tertiary/aromatic N) is 2. The highest BCUT2D eigenvalue weighted by atomic mass is 32.2. The first kappa shape index (κ1) is 22.0. The Bertz CT molecular complexity index is 683. The summed E-state index contributed by atoms with van der Waals surface area (Å²) in [6.07, 6.45) is 0. The Morgan fingerprint density at radius 3 is 2.22 bits per heavy atom. The highest BCUT2D eigenvalue weighted by molar-refractivity contribution is 7.89. The van der Waals surface area contributed by atoms with Crippen LogP contribution >= 0.6 is 12.2 Å². The number of morpholine rings is 1. The lowest BCUT2D eigenvalue weighted by Gasteiger charge is -2.26. The van der Waals surface area contributed by atoms with Crippen molar-refractivity contribution in [3.05, 3.63) is 24.3 Å². The third kappa shape index (κ3) is 6.37. The van der Waals surface area contributed by atoms with Gasteiger partial charge in [-0.15, -0.1) is 0 Å². The normalized spacial score (nSPS) is 15.5. The second-order valence-corrected chi connectivity index (χ2v) is 8.27. The van der Waals surface area contributed by atoms with Crippen LogP contribution in [0.5, 0.6) is 0 Å². The molecule has 1 heterocycles. The van der Waals surface area contributed by atoms with Gasteiger partial charge in [0.15, 0.2) is 5.11 Å². The SMILES string of the molecule is COCCN(CCOC)C(=S)Nc1ccc(S(=O)(=O)N2CCOCC2)cc1. The molecule has 27 heavy (non-hydrogen) atoms. The fourth-order valence-electron chi connectivity index (χ4n) is 2.57. The van der Waals surface area contributed by atoms with E-state index < -0.39 is 10.0 Å². The van der Waals surface area contributed by atoms with Gasteiger partial charge in [-0.05, 0) is 36.5 Å². The summed E-state index contributed by atoms with van der Waals surface area (Å²) < 4.78 is 42.2. The fraction of sp³-hybridized carbons (Fsp3) is 0.588. The van der Waals surface area contributed by atoms with Crippen molar-refractivity contribution in [2.45, 2.75) is 4.90 Å². The molecule has 1 N–H and O–H groups in total. The molecule has 2 rings (SSSR count). The topological polar surface area (TPSA) is 80.3 Å². The van der Waals surface area contributed by atoms with Crippen LogP contribution in [0.3, 0.4) is 0 Å². The van der Waals surface area contributed by atoms with E-state index in [1.54, 1.807) is 38.5 Å². The molecule has 0 unspecified atom stereocenters. The van der Waals surface area contributed by atoms with E-state index in [1.807, 2.05) is 4.90 Å². The van der Waals surface area contributed by atoms with Gasteiger partial charge in [-0.2, -0.15) is 4.31 Å². The number of thiocarbonyl (C=S) groups is 1. The molecule has 0 aromatic heterocycles. The maximum absolute atomic E-state index is 12.7. The number of hydrogen-bond acceptors (Lipinski definition) is 6. The molecule has 1 aromatic rings. The molecule has 0 radical (unpaired) electrons. The molecule has 1 saturated heterocycles. The average molecular weight is 418 g/mol. The van der Waals surface area contributed by atoms with Crippen LogP contribution in [0.4, 0.5) is 5.69 Å². The molecule has 0 atom stereocenters. The summed E-state index contributed by atoms with van der Waals surface area (Å²) in [5.74, 6) is 0. The lowest BCUT2D eigenvalue weighted by molar-refractivity contribution is 0.0730. The standard InChI is InChI=1S/C17H27N3O5S2/c1-23-11-7-19(8-12-24-2)17(26)18-15-3-5-16(6-4-15)27(21,22)20-9-13-25-14-10-20/h3-6H,7-14H2,1-2H3,(H,18,26). The first-order valence-corrected chi connectivity index (χ1v) is 10.6. The van der Waals surface area contributed by atoms with Crippen LogP contribution in [0.1, 0.15) is 0 Å². The Hall–Kier alpha value is -1.30. The number of rotatable bonds is 9. The Kier molecular flexibility index (Phi) is 8.87. The van der Waals surface area contributed by atoms with Crippen LogP contribution in [0.15, 0.2) is 29.2 Å². The van der Waals surface area contributed by atoms with Crippen LogP contribution in [0, 0.1) is 0 Å². The number of anilines is 1. The smallest absolute Gasteiger partial charge is 0.243 e. The van der Waals surface area contributed by atoms with Crippen molar-refractivity contribution in [1.82, 2.24) is 9.21 Å². The van der Waals surface area contributed by atoms with Gasteiger partial charge in [0, 0.05) is 46.1 Å². The van der Waals surface area contributed by atoms with E-state index in [1.165, 1.54) is 4.31 Å². The summed E-state index contributed by atoms with van der Waals surface area (Å²) in [6.45, 7) is 3.95. The summed E-state index contributed by atoms with van der Waals surface area (Å²) in [5, 5.41) is 3.67. The van der Waals surface area contributed by atoms with Crippen LogP contribution in [-0.4, -0.2) is 89.6 Å². The number of ether oxygens (including phenoxy) is 3. The van der Waals surface area contributed by atoms with E-state index in [-0.39, 0.29) is 4.90 Å². The van der Waals surface area contributed by atoms with Gasteiger partial charge >= 0.3 is 0 Å². The molecule has 10 heteroatoms. The van der Waals surface area contributed by atoms with Gasteiger partial charge in [0.2, 0.25) is 10.0 Å². The molecule has 0 saturated carbocycles. The number of sulfonamides is 1. The van der Waals surface area contributed by atoms with Crippen molar-refractivity contribution in [3.8, 4) is 0 Å². The van der Waals surface area contributed by atoms with Crippen LogP contribution in [0.2, 0.25) is 0 Å². The van der Waals surface area contributed by atoms with E-state index in [9.17, 15) is 8.42 Å². The van der Waals surface area contributed by atoms with Crippen LogP contribution in [0.25, 0.3) is 0 Å². The van der Waals surface area contributed by atoms with E-state index in [4.69, 9.17) is 26.4 Å². The Morgan fingerprint density at radius 1 is 1.15 bits per heavy atom. The maximum atomic E-state index is 12.7. The molecule has 0 aliphatic carbocycles. The van der Waals surface area contributed by atoms with E-state index >= 15 is 0 Å². The largest absolute Gasteiger partial charge is 0.383 e. The lowest BCUT2D eigenvalue weighted by Crippen LogP contribution is -2.40. The van der Waals surface area contributed by atoms with Gasteiger partial charge in [-0.1, -0.05) is 0 Å². The number of methoxy groups -OCH3 is 2. The van der Waals surface area contributed by atoms with Crippen molar-refractivity contribution in [1.29, 1.82) is 0 Å². The van der Waals surface area contributed by atoms with Crippen molar-refractivity contribution in [3.63, 3.8) is 0 Å². The van der Waals surface area contributed by atoms with Crippen molar-refractivity contribution >= 4 is 33.0 Å². The summed E-state index contributed by atoms with van der Waals surface area (Å²) in [5.41, 5.74) is 0.723. The predicted molar refractivity (Wildman–Crippen MR) is 108 cm³/mol. The van der Waals surface area contributed by atoms with E-state index in [0.717, 1.165) is 5.69 Å². The fourth-order valence-corrected chi connectivity index (χ4v) is 4.28. The van der Waals surface area contributed by atoms with Gasteiger partial charge in [0.1, 0.15) is 0 Å². The van der Waals surface area contributed by atoms with Gasteiger partial charge < -0.3 is 24.4 Å². The van der Waals surface area contributed by atoms with Crippen LogP contribution < -0.4 is 5.32 Å². The minimum atomic E-state index is -3.50. The van der Waals surface area contributed by atoms with Gasteiger partial charge in [0.05, 0.1) is 31.3 Å². The maximum Gasteiger partial charge on any atom is 0.243 e. The zero-order chi connectivity index (χ0) is 19.7. The third-order valence-corrected chi connectivity index (χ3v) is 6.40. The highest BCUT2D eigenvalue weighted by Gasteiger charge is 2.26. The predicted octanol–water partition coefficient (Wildman–Crippen LogP) is 0.999. The lowest BCUT2D eigenvalue weighted by atomic mass is 10.3. The Labute approximate surface area is 166 Å². The van der Waals surface area contributed by atoms with E-state index in [2.05, 4.69) is 5.32 Å². The molecule has 0 spiro atoms. The molecule has 1 fully saturated rings. The second kappa shape index (κ2) is 10.9. The monoisotopic (exact) mass is 417 g/mol. The Morgan fingerprint density at radius 2 is 1.70 bits per heavy atom. The van der Waals surface area contributed by atoms with E-state index in [0.29, 0.717) is 57.7 Å². The summed E-state index contributed by atoms with van der Waals surface area (Å²) >= 11 is 5.46. The molecule has 0 bridgehead atoms. The second-order valence-electron chi connectivity index (χ2n) is 5.94. The summed E-state index contributed by atoms with van der Waals surface area (Å²) in [4.78, 5) is 2.21. The van der Waals surface area contributed by atoms with Crippen LogP contribution in [-0.2, 0) is 24.2 Å². The summed E-state index contributed by atoms with van der Waals surface area (Å²) in [6, 6.07) is 6.60. The first-order valence-electron chi connectivity index (χ1n) is 8.71. The molecule has 0 amide bonds. The van der Waals surface area contributed by atoms with Gasteiger partial charge in [0.25, 0.3) is 0 Å². The first-order chi connectivity index (χ1) is 13.0. The minimum absolute atomic E-state index is 0.261. The molecule has 1 aliphatic rings. The van der Waals surface area contributed by atoms with Crippen molar-refractivity contribution in [2.75, 3.05) is 72.1 Å². The number of benzene rings is 1. The molecule has 152 valence electrons. The molecule has 8 nitrogen and oxygen atoms in total. The summed E-state index contributed by atoms with van der Waals surface area (Å²) in [7, 11) is -0.223. The zero-order valence-electron chi connectivity index (χ0n) is 15.7. The zero-order valence-corrected chi connectivity index (χ0v) is 17.4.